The van der Waals surface area contributed by atoms with Crippen LogP contribution in [0.4, 0.5) is 5.69 Å². The van der Waals surface area contributed by atoms with Gasteiger partial charge in [0.25, 0.3) is 0 Å². The third-order valence-electron chi connectivity index (χ3n) is 7.26. The first-order chi connectivity index (χ1) is 17.7. The topological polar surface area (TPSA) is 96.3 Å². The average molecular weight is 512 g/mol. The third-order valence-corrected chi connectivity index (χ3v) is 7.26. The molecule has 0 fully saturated rings. The smallest absolute Gasteiger partial charge is 0.245 e. The number of likely N-dealkylation sites (N-methyl/N-ethyl adjacent to an activating group) is 1. The number of aromatic nitrogens is 2. The van der Waals surface area contributed by atoms with Crippen LogP contribution in [0.3, 0.4) is 0 Å². The van der Waals surface area contributed by atoms with Gasteiger partial charge in [0, 0.05) is 38.1 Å². The molecule has 204 valence electrons. The number of nitrogens with zero attached hydrogens (tertiary/aromatic N) is 3. The van der Waals surface area contributed by atoms with E-state index in [1.807, 2.05) is 6.07 Å². The van der Waals surface area contributed by atoms with Crippen molar-refractivity contribution in [1.29, 1.82) is 0 Å². The minimum absolute atomic E-state index is 0.00309. The van der Waals surface area contributed by atoms with E-state index in [0.29, 0.717) is 18.2 Å². The molecule has 2 aromatic rings. The van der Waals surface area contributed by atoms with Crippen LogP contribution in [-0.4, -0.2) is 58.5 Å². The maximum absolute atomic E-state index is 13.6. The van der Waals surface area contributed by atoms with Crippen LogP contribution in [-0.2, 0) is 22.6 Å². The Morgan fingerprint density at radius 3 is 2.27 bits per heavy atom. The standard InChI is InChI=1S/C29H45N5O3/c1-20(2)18-31-24-16-23-14-12-10-8-6-7-9-11-13-15-33(21(3)29(37)30-5)26(36)19-34-28(23)25(17-24)27(32-34)22(4)35/h16-17,20-21,31H,6-15,18-19H2,1-5H3,(H,30,37)/t21-/m0/s1. The molecule has 0 aliphatic carbocycles. The maximum Gasteiger partial charge on any atom is 0.245 e. The highest BCUT2D eigenvalue weighted by Gasteiger charge is 2.27. The van der Waals surface area contributed by atoms with Crippen molar-refractivity contribution in [3.63, 3.8) is 0 Å². The molecular formula is C29H45N5O3. The fourth-order valence-electron chi connectivity index (χ4n) is 5.16. The van der Waals surface area contributed by atoms with Gasteiger partial charge < -0.3 is 15.5 Å². The molecule has 3 rings (SSSR count). The first kappa shape index (κ1) is 28.7. The summed E-state index contributed by atoms with van der Waals surface area (Å²) in [5, 5.41) is 11.6. The van der Waals surface area contributed by atoms with Gasteiger partial charge in [-0.2, -0.15) is 5.10 Å². The van der Waals surface area contributed by atoms with Gasteiger partial charge in [-0.25, -0.2) is 0 Å². The summed E-state index contributed by atoms with van der Waals surface area (Å²) < 4.78 is 1.70. The van der Waals surface area contributed by atoms with E-state index in [1.54, 1.807) is 23.6 Å². The van der Waals surface area contributed by atoms with Crippen LogP contribution in [0.15, 0.2) is 12.1 Å². The van der Waals surface area contributed by atoms with E-state index in [4.69, 9.17) is 0 Å². The van der Waals surface area contributed by atoms with E-state index in [2.05, 4.69) is 35.6 Å². The lowest BCUT2D eigenvalue weighted by molar-refractivity contribution is -0.140. The van der Waals surface area contributed by atoms with Crippen LogP contribution < -0.4 is 10.6 Å². The number of nitrogens with one attached hydrogen (secondary N) is 2. The van der Waals surface area contributed by atoms with E-state index in [-0.39, 0.29) is 24.1 Å². The summed E-state index contributed by atoms with van der Waals surface area (Å²) in [5.74, 6) is 0.0259. The Morgan fingerprint density at radius 1 is 1.00 bits per heavy atom. The molecule has 8 heteroatoms. The van der Waals surface area contributed by atoms with Crippen LogP contribution in [0.25, 0.3) is 10.9 Å². The second-order valence-electron chi connectivity index (χ2n) is 10.8. The van der Waals surface area contributed by atoms with Crippen LogP contribution in [0, 0.1) is 5.92 Å². The lowest BCUT2D eigenvalue weighted by Crippen LogP contribution is -2.48. The third kappa shape index (κ3) is 7.55. The number of anilines is 1. The molecule has 37 heavy (non-hydrogen) atoms. The Labute approximate surface area is 221 Å². The van der Waals surface area contributed by atoms with Gasteiger partial charge in [-0.1, -0.05) is 52.4 Å². The van der Waals surface area contributed by atoms with Crippen LogP contribution in [0.1, 0.15) is 95.1 Å². The van der Waals surface area contributed by atoms with Gasteiger partial charge in [0.05, 0.1) is 5.52 Å². The lowest BCUT2D eigenvalue weighted by Gasteiger charge is -2.28. The number of carbonyl (C=O) groups is 3. The fourth-order valence-corrected chi connectivity index (χ4v) is 5.16. The zero-order valence-corrected chi connectivity index (χ0v) is 23.4. The van der Waals surface area contributed by atoms with Crippen molar-refractivity contribution in [2.24, 2.45) is 5.92 Å². The number of aryl methyl sites for hydroxylation is 1. The van der Waals surface area contributed by atoms with Crippen molar-refractivity contribution in [2.45, 2.75) is 98.1 Å². The number of amides is 2. The molecule has 0 unspecified atom stereocenters. The summed E-state index contributed by atoms with van der Waals surface area (Å²) in [4.78, 5) is 40.4. The minimum atomic E-state index is -0.572. The van der Waals surface area contributed by atoms with Crippen molar-refractivity contribution < 1.29 is 14.4 Å². The quantitative estimate of drug-likeness (QED) is 0.535. The van der Waals surface area contributed by atoms with Crippen LogP contribution >= 0.6 is 0 Å². The molecule has 8 nitrogen and oxygen atoms in total. The second-order valence-corrected chi connectivity index (χ2v) is 10.8. The summed E-state index contributed by atoms with van der Waals surface area (Å²) in [7, 11) is 1.59. The molecule has 2 N–H and O–H groups in total. The predicted molar refractivity (Wildman–Crippen MR) is 149 cm³/mol. The highest BCUT2D eigenvalue weighted by molar-refractivity contribution is 6.06. The van der Waals surface area contributed by atoms with Gasteiger partial charge in [-0.05, 0) is 49.8 Å². The van der Waals surface area contributed by atoms with Gasteiger partial charge in [-0.3, -0.25) is 19.1 Å². The number of ketones is 1. The van der Waals surface area contributed by atoms with Crippen LogP contribution in [0.5, 0.6) is 0 Å². The molecular weight excluding hydrogens is 466 g/mol. The highest BCUT2D eigenvalue weighted by atomic mass is 16.2. The zero-order chi connectivity index (χ0) is 26.9. The SMILES string of the molecule is CNC(=O)[C@H](C)N1CCCCCCCCCCc2cc(NCC(C)C)cc3c(C(C)=O)nn(c23)CC1=O. The highest BCUT2D eigenvalue weighted by Crippen LogP contribution is 2.30. The Balaban J connectivity index is 2.07. The molecule has 1 aromatic carbocycles. The van der Waals surface area contributed by atoms with Crippen molar-refractivity contribution in [3.05, 3.63) is 23.4 Å². The molecule has 2 heterocycles. The molecule has 0 saturated carbocycles. The van der Waals surface area contributed by atoms with E-state index in [1.165, 1.54) is 26.2 Å². The Kier molecular flexibility index (Phi) is 10.5. The molecule has 0 bridgehead atoms. The Hall–Kier alpha value is -2.90. The van der Waals surface area contributed by atoms with Gasteiger partial charge in [0.2, 0.25) is 11.8 Å². The predicted octanol–water partition coefficient (Wildman–Crippen LogP) is 4.95. The van der Waals surface area contributed by atoms with Gasteiger partial charge in [0.15, 0.2) is 5.78 Å². The molecule has 0 spiro atoms. The number of hydrogen-bond acceptors (Lipinski definition) is 5. The minimum Gasteiger partial charge on any atom is -0.385 e. The Bertz CT molecular complexity index is 1090. The summed E-state index contributed by atoms with van der Waals surface area (Å²) >= 11 is 0. The number of rotatable bonds is 6. The molecule has 1 aliphatic heterocycles. The largest absolute Gasteiger partial charge is 0.385 e. The molecule has 1 atom stereocenters. The molecule has 0 radical (unpaired) electrons. The van der Waals surface area contributed by atoms with Gasteiger partial charge in [0.1, 0.15) is 18.3 Å². The molecule has 0 saturated heterocycles. The normalized spacial score (nSPS) is 17.1. The number of benzene rings is 1. The summed E-state index contributed by atoms with van der Waals surface area (Å²) in [6.07, 6.45) is 9.76. The van der Waals surface area contributed by atoms with Crippen molar-refractivity contribution >= 4 is 34.2 Å². The monoisotopic (exact) mass is 511 g/mol. The lowest BCUT2D eigenvalue weighted by atomic mass is 10.00. The summed E-state index contributed by atoms with van der Waals surface area (Å²) in [6.45, 7) is 8.99. The van der Waals surface area contributed by atoms with Crippen LogP contribution in [0.2, 0.25) is 0 Å². The average Bonchev–Trinajstić information content (AvgIpc) is 3.23. The fraction of sp³-hybridized carbons (Fsp3) is 0.655. The van der Waals surface area contributed by atoms with E-state index in [0.717, 1.165) is 67.2 Å². The van der Waals surface area contributed by atoms with Crippen molar-refractivity contribution in [2.75, 3.05) is 25.5 Å². The molecule has 2 amide bonds. The summed E-state index contributed by atoms with van der Waals surface area (Å²) in [6, 6.07) is 3.58. The van der Waals surface area contributed by atoms with E-state index in [9.17, 15) is 14.4 Å². The van der Waals surface area contributed by atoms with Crippen molar-refractivity contribution in [3.8, 4) is 0 Å². The number of hydrogen-bond donors (Lipinski definition) is 2. The maximum atomic E-state index is 13.6. The first-order valence-electron chi connectivity index (χ1n) is 14.0. The second kappa shape index (κ2) is 13.6. The number of Topliss-reactive ketones (excluding diaryl/α,β-unsaturated/α-hetero) is 1. The number of carbonyl (C=O) groups excluding carboxylic acids is 3. The van der Waals surface area contributed by atoms with Gasteiger partial charge >= 0.3 is 0 Å². The Morgan fingerprint density at radius 2 is 1.65 bits per heavy atom. The van der Waals surface area contributed by atoms with Crippen molar-refractivity contribution in [1.82, 2.24) is 20.0 Å². The molecule has 1 aliphatic rings. The molecule has 1 aromatic heterocycles. The zero-order valence-electron chi connectivity index (χ0n) is 23.4. The summed E-state index contributed by atoms with van der Waals surface area (Å²) in [5.41, 5.74) is 3.33. The van der Waals surface area contributed by atoms with E-state index >= 15 is 0 Å². The van der Waals surface area contributed by atoms with Gasteiger partial charge in [-0.15, -0.1) is 0 Å². The van der Waals surface area contributed by atoms with E-state index < -0.39 is 6.04 Å². The first-order valence-corrected chi connectivity index (χ1v) is 14.0.